The second-order valence-corrected chi connectivity index (χ2v) is 6.62. The van der Waals surface area contributed by atoms with Crippen molar-refractivity contribution < 1.29 is 30.7 Å². The summed E-state index contributed by atoms with van der Waals surface area (Å²) >= 11 is 0. The zero-order valence-electron chi connectivity index (χ0n) is 15.7. The molecule has 0 aromatic heterocycles. The quantitative estimate of drug-likeness (QED) is 0.288. The van der Waals surface area contributed by atoms with Crippen LogP contribution in [0.2, 0.25) is 0 Å². The summed E-state index contributed by atoms with van der Waals surface area (Å²) in [5.41, 5.74) is -1.52. The Kier molecular flexibility index (Phi) is 6.29. The second kappa shape index (κ2) is 8.73. The molecule has 30 heavy (non-hydrogen) atoms. The highest BCUT2D eigenvalue weighted by molar-refractivity contribution is 5.90. The van der Waals surface area contributed by atoms with E-state index in [9.17, 15) is 30.7 Å². The Bertz CT molecular complexity index is 1150. The zero-order chi connectivity index (χ0) is 22.0. The zero-order valence-corrected chi connectivity index (χ0v) is 15.7. The van der Waals surface area contributed by atoms with E-state index in [2.05, 4.69) is 0 Å². The summed E-state index contributed by atoms with van der Waals surface area (Å²) in [5, 5.41) is -1.11. The minimum Gasteiger partial charge on any atom is -0.206 e. The Balaban J connectivity index is 2.15. The van der Waals surface area contributed by atoms with Crippen molar-refractivity contribution >= 4 is 16.8 Å². The van der Waals surface area contributed by atoms with Crippen LogP contribution in [0.15, 0.2) is 48.6 Å². The lowest BCUT2D eigenvalue weighted by Crippen LogP contribution is -1.98. The average molecular weight is 424 g/mol. The molecule has 0 saturated carbocycles. The summed E-state index contributed by atoms with van der Waals surface area (Å²) in [6, 6.07) is 4.56. The van der Waals surface area contributed by atoms with Gasteiger partial charge in [-0.1, -0.05) is 12.2 Å². The van der Waals surface area contributed by atoms with Gasteiger partial charge in [-0.05, 0) is 66.6 Å². The number of hydrogen-bond donors (Lipinski definition) is 0. The van der Waals surface area contributed by atoms with Gasteiger partial charge in [0.25, 0.3) is 6.08 Å². The van der Waals surface area contributed by atoms with Crippen LogP contribution in [0.5, 0.6) is 0 Å². The number of fused-ring (bicyclic) bond motifs is 1. The molecular weight excluding hydrogens is 409 g/mol. The van der Waals surface area contributed by atoms with E-state index in [0.717, 1.165) is 18.2 Å². The molecule has 0 aliphatic carbocycles. The van der Waals surface area contributed by atoms with Gasteiger partial charge in [-0.25, -0.2) is 22.0 Å². The van der Waals surface area contributed by atoms with Crippen molar-refractivity contribution in [3.05, 3.63) is 88.8 Å². The number of benzene rings is 3. The fourth-order valence-corrected chi connectivity index (χ4v) is 3.28. The number of rotatable bonds is 5. The number of aryl methyl sites for hydroxylation is 1. The fraction of sp³-hybridized carbons (Fsp3) is 0.130. The lowest BCUT2D eigenvalue weighted by molar-refractivity contribution is 0.428. The molecule has 0 bridgehead atoms. The lowest BCUT2D eigenvalue weighted by Gasteiger charge is -2.12. The van der Waals surface area contributed by atoms with Gasteiger partial charge in [0.05, 0.1) is 16.5 Å². The van der Waals surface area contributed by atoms with Gasteiger partial charge in [0, 0.05) is 6.08 Å². The molecule has 3 aromatic rings. The van der Waals surface area contributed by atoms with Gasteiger partial charge in [0.2, 0.25) is 0 Å². The van der Waals surface area contributed by atoms with Gasteiger partial charge >= 0.3 is 0 Å². The minimum absolute atomic E-state index is 0.0523. The van der Waals surface area contributed by atoms with Crippen molar-refractivity contribution in [2.45, 2.75) is 19.8 Å². The molecule has 0 fully saturated rings. The molecule has 0 atom stereocenters. The van der Waals surface area contributed by atoms with Gasteiger partial charge in [-0.2, -0.15) is 8.78 Å². The highest BCUT2D eigenvalue weighted by atomic mass is 19.3. The Morgan fingerprint density at radius 3 is 2.10 bits per heavy atom. The smallest absolute Gasteiger partial charge is 0.206 e. The topological polar surface area (TPSA) is 0 Å². The van der Waals surface area contributed by atoms with E-state index in [1.165, 1.54) is 0 Å². The summed E-state index contributed by atoms with van der Waals surface area (Å²) in [4.78, 5) is 0. The normalized spacial score (nSPS) is 11.5. The van der Waals surface area contributed by atoms with Crippen LogP contribution in [0.3, 0.4) is 0 Å². The van der Waals surface area contributed by atoms with Crippen molar-refractivity contribution in [3.63, 3.8) is 0 Å². The van der Waals surface area contributed by atoms with E-state index in [1.807, 2.05) is 13.0 Å². The van der Waals surface area contributed by atoms with Crippen LogP contribution >= 0.6 is 0 Å². The summed E-state index contributed by atoms with van der Waals surface area (Å²) in [6.45, 7) is 1.82. The molecule has 0 amide bonds. The average Bonchev–Trinajstić information content (AvgIpc) is 2.64. The number of hydrogen-bond acceptors (Lipinski definition) is 0. The third-order valence-corrected chi connectivity index (χ3v) is 4.60. The first kappa shape index (κ1) is 21.6. The van der Waals surface area contributed by atoms with Crippen LogP contribution in [0.4, 0.5) is 30.7 Å². The molecule has 0 N–H and O–H groups in total. The van der Waals surface area contributed by atoms with Crippen LogP contribution in [0, 0.1) is 29.1 Å². The Hall–Kier alpha value is -3.09. The lowest BCUT2D eigenvalue weighted by atomic mass is 9.96. The molecule has 0 saturated heterocycles. The molecule has 0 unspecified atom stereocenters. The Labute approximate surface area is 168 Å². The van der Waals surface area contributed by atoms with Crippen LogP contribution in [-0.4, -0.2) is 0 Å². The van der Waals surface area contributed by atoms with Gasteiger partial charge in [-0.15, -0.1) is 0 Å². The highest BCUT2D eigenvalue weighted by Crippen LogP contribution is 2.35. The maximum atomic E-state index is 14.6. The first-order valence-electron chi connectivity index (χ1n) is 8.96. The van der Waals surface area contributed by atoms with Gasteiger partial charge in [-0.3, -0.25) is 0 Å². The van der Waals surface area contributed by atoms with Crippen molar-refractivity contribution in [1.82, 2.24) is 0 Å². The number of halogens is 7. The van der Waals surface area contributed by atoms with E-state index in [4.69, 9.17) is 0 Å². The summed E-state index contributed by atoms with van der Waals surface area (Å²) in [5.74, 6) is -6.05. The van der Waals surface area contributed by atoms with Crippen LogP contribution in [0.25, 0.3) is 28.0 Å². The monoisotopic (exact) mass is 424 g/mol. The van der Waals surface area contributed by atoms with Crippen molar-refractivity contribution in [1.29, 1.82) is 0 Å². The number of allylic oxidation sites excluding steroid dienone is 2. The largest absolute Gasteiger partial charge is 0.271 e. The molecule has 0 radical (unpaired) electrons. The molecule has 0 nitrogen and oxygen atoms in total. The van der Waals surface area contributed by atoms with E-state index >= 15 is 0 Å². The Morgan fingerprint density at radius 2 is 1.50 bits per heavy atom. The van der Waals surface area contributed by atoms with E-state index in [0.29, 0.717) is 30.5 Å². The first-order chi connectivity index (χ1) is 14.2. The highest BCUT2D eigenvalue weighted by Gasteiger charge is 2.20. The van der Waals surface area contributed by atoms with Gasteiger partial charge in [0.1, 0.15) is 29.1 Å². The van der Waals surface area contributed by atoms with Crippen molar-refractivity contribution in [3.8, 4) is 11.1 Å². The van der Waals surface area contributed by atoms with Crippen molar-refractivity contribution in [2.24, 2.45) is 0 Å². The molecule has 0 aliphatic rings. The summed E-state index contributed by atoms with van der Waals surface area (Å²) < 4.78 is 97.1. The molecule has 7 heteroatoms. The van der Waals surface area contributed by atoms with E-state index in [1.54, 1.807) is 6.08 Å². The van der Waals surface area contributed by atoms with Gasteiger partial charge < -0.3 is 0 Å². The molecule has 3 rings (SSSR count). The first-order valence-corrected chi connectivity index (χ1v) is 8.96. The molecule has 156 valence electrons. The molecular formula is C23H15F7. The van der Waals surface area contributed by atoms with E-state index in [-0.39, 0.29) is 17.0 Å². The summed E-state index contributed by atoms with van der Waals surface area (Å²) in [6.07, 6.45) is 2.20. The third kappa shape index (κ3) is 4.25. The fourth-order valence-electron chi connectivity index (χ4n) is 3.28. The van der Waals surface area contributed by atoms with Gasteiger partial charge in [0.15, 0.2) is 0 Å². The van der Waals surface area contributed by atoms with Crippen LogP contribution < -0.4 is 0 Å². The predicted octanol–water partition coefficient (Wildman–Crippen LogP) is 7.95. The van der Waals surface area contributed by atoms with Crippen LogP contribution in [-0.2, 0) is 6.42 Å². The van der Waals surface area contributed by atoms with E-state index < -0.39 is 51.7 Å². The molecule has 0 heterocycles. The van der Waals surface area contributed by atoms with Crippen molar-refractivity contribution in [2.75, 3.05) is 0 Å². The van der Waals surface area contributed by atoms with Crippen LogP contribution in [0.1, 0.15) is 24.5 Å². The third-order valence-electron chi connectivity index (χ3n) is 4.60. The molecule has 0 spiro atoms. The predicted molar refractivity (Wildman–Crippen MR) is 103 cm³/mol. The molecule has 3 aromatic carbocycles. The summed E-state index contributed by atoms with van der Waals surface area (Å²) in [7, 11) is 0. The standard InChI is InChI=1S/C23H15F7/c1-2-3-4-5-12-6-17(25)21(18(26)7-12)13-8-14-9-16(24)15(11-20(28)29)23(30)22(14)19(27)10-13/h2-3,6-11H,4-5H2,1H3/b3-2+. The molecule has 0 aliphatic heterocycles. The SMILES string of the molecule is C/C=C/CCc1cc(F)c(-c2cc(F)c3c(F)c(C=C(F)F)c(F)cc3c2)c(F)c1. The maximum Gasteiger partial charge on any atom is 0.271 e. The Morgan fingerprint density at radius 1 is 0.833 bits per heavy atom. The minimum atomic E-state index is -2.36. The second-order valence-electron chi connectivity index (χ2n) is 6.62. The maximum absolute atomic E-state index is 14.6.